The molecule has 2 amide bonds. The number of ether oxygens (including phenoxy) is 1. The fraction of sp³-hybridized carbons (Fsp3) is 0.640. The fourth-order valence-electron chi connectivity index (χ4n) is 6.64. The fourth-order valence-corrected chi connectivity index (χ4v) is 6.64. The number of anilines is 1. The summed E-state index contributed by atoms with van der Waals surface area (Å²) >= 11 is 0. The molecule has 2 bridgehead atoms. The van der Waals surface area contributed by atoms with Gasteiger partial charge in [0.2, 0.25) is 5.91 Å². The normalized spacial score (nSPS) is 33.9. The number of hydrogen-bond acceptors (Lipinski definition) is 5. The van der Waals surface area contributed by atoms with Crippen LogP contribution in [0.1, 0.15) is 62.7 Å². The first-order valence-electron chi connectivity index (χ1n) is 12.0. The van der Waals surface area contributed by atoms with Crippen LogP contribution in [0.2, 0.25) is 0 Å². The van der Waals surface area contributed by atoms with E-state index in [-0.39, 0.29) is 41.0 Å². The van der Waals surface area contributed by atoms with E-state index in [0.717, 1.165) is 31.4 Å². The van der Waals surface area contributed by atoms with Crippen LogP contribution in [0.4, 0.5) is 5.69 Å². The van der Waals surface area contributed by atoms with Crippen LogP contribution in [0, 0.1) is 23.2 Å². The molecule has 0 unspecified atom stereocenters. The molecule has 2 heterocycles. The van der Waals surface area contributed by atoms with Crippen LogP contribution in [0.25, 0.3) is 0 Å². The van der Waals surface area contributed by atoms with Crippen LogP contribution < -0.4 is 10.6 Å². The zero-order valence-corrected chi connectivity index (χ0v) is 19.0. The van der Waals surface area contributed by atoms with Crippen molar-refractivity contribution in [2.24, 2.45) is 23.2 Å². The van der Waals surface area contributed by atoms with E-state index in [1.54, 1.807) is 0 Å². The third-order valence-electron chi connectivity index (χ3n) is 8.40. The van der Waals surface area contributed by atoms with Crippen LogP contribution in [-0.2, 0) is 14.3 Å². The number of likely N-dealkylation sites (tertiary alicyclic amines) is 1. The van der Waals surface area contributed by atoms with Crippen molar-refractivity contribution in [3.05, 3.63) is 29.8 Å². The Morgan fingerprint density at radius 1 is 1.16 bits per heavy atom. The smallest absolute Gasteiger partial charge is 0.309 e. The van der Waals surface area contributed by atoms with Gasteiger partial charge in [0.1, 0.15) is 5.66 Å². The van der Waals surface area contributed by atoms with E-state index < -0.39 is 5.66 Å². The minimum Gasteiger partial charge on any atom is -0.466 e. The lowest BCUT2D eigenvalue weighted by Crippen LogP contribution is -2.70. The van der Waals surface area contributed by atoms with Crippen molar-refractivity contribution in [3.8, 4) is 0 Å². The second-order valence-corrected chi connectivity index (χ2v) is 10.3. The third-order valence-corrected chi connectivity index (χ3v) is 8.40. The first-order chi connectivity index (χ1) is 15.3. The number of rotatable bonds is 3. The number of para-hydroxylation sites is 1. The van der Waals surface area contributed by atoms with Gasteiger partial charge in [-0.15, -0.1) is 0 Å². The summed E-state index contributed by atoms with van der Waals surface area (Å²) in [4.78, 5) is 40.5. The van der Waals surface area contributed by atoms with E-state index >= 15 is 0 Å². The average molecular weight is 440 g/mol. The zero-order valence-electron chi connectivity index (χ0n) is 19.0. The largest absolute Gasteiger partial charge is 0.466 e. The molecule has 4 fully saturated rings. The highest BCUT2D eigenvalue weighted by Crippen LogP contribution is 2.58. The third kappa shape index (κ3) is 3.37. The summed E-state index contributed by atoms with van der Waals surface area (Å²) in [5.41, 5.74) is 0.917. The molecule has 7 heteroatoms. The van der Waals surface area contributed by atoms with Gasteiger partial charge in [-0.05, 0) is 63.0 Å². The Morgan fingerprint density at radius 3 is 2.62 bits per heavy atom. The van der Waals surface area contributed by atoms with Gasteiger partial charge >= 0.3 is 5.97 Å². The molecule has 1 aromatic carbocycles. The molecule has 3 saturated carbocycles. The van der Waals surface area contributed by atoms with Gasteiger partial charge in [0.05, 0.1) is 18.1 Å². The number of fused-ring (bicyclic) bond motifs is 3. The Kier molecular flexibility index (Phi) is 5.18. The van der Waals surface area contributed by atoms with E-state index in [1.165, 1.54) is 0 Å². The van der Waals surface area contributed by atoms with Gasteiger partial charge in [-0.3, -0.25) is 14.4 Å². The van der Waals surface area contributed by atoms with Crippen molar-refractivity contribution in [1.29, 1.82) is 0 Å². The molecule has 6 rings (SSSR count). The van der Waals surface area contributed by atoms with E-state index in [9.17, 15) is 14.4 Å². The molecule has 7 nitrogen and oxygen atoms in total. The van der Waals surface area contributed by atoms with Gasteiger partial charge in [-0.25, -0.2) is 0 Å². The predicted octanol–water partition coefficient (Wildman–Crippen LogP) is 3.17. The predicted molar refractivity (Wildman–Crippen MR) is 120 cm³/mol. The lowest BCUT2D eigenvalue weighted by Gasteiger charge is -2.61. The number of esters is 1. The second-order valence-electron chi connectivity index (χ2n) is 10.3. The Bertz CT molecular complexity index is 941. The molecule has 1 aromatic rings. The number of amides is 2. The summed E-state index contributed by atoms with van der Waals surface area (Å²) in [5.74, 6) is 0.137. The van der Waals surface area contributed by atoms with Crippen molar-refractivity contribution in [2.75, 3.05) is 25.0 Å². The first kappa shape index (κ1) is 21.3. The highest BCUT2D eigenvalue weighted by molar-refractivity contribution is 6.02. The summed E-state index contributed by atoms with van der Waals surface area (Å²) in [6.07, 6.45) is 4.88. The second kappa shape index (κ2) is 7.78. The quantitative estimate of drug-likeness (QED) is 0.707. The molecule has 3 aliphatic carbocycles. The van der Waals surface area contributed by atoms with Gasteiger partial charge in [0, 0.05) is 30.6 Å². The minimum absolute atomic E-state index is 0.0283. The van der Waals surface area contributed by atoms with Gasteiger partial charge in [-0.2, -0.15) is 0 Å². The Morgan fingerprint density at radius 2 is 1.91 bits per heavy atom. The van der Waals surface area contributed by atoms with Crippen LogP contribution >= 0.6 is 0 Å². The zero-order chi connectivity index (χ0) is 22.5. The molecule has 1 saturated heterocycles. The maximum atomic E-state index is 13.6. The number of carbonyl (C=O) groups is 3. The van der Waals surface area contributed by atoms with Gasteiger partial charge in [0.25, 0.3) is 5.91 Å². The average Bonchev–Trinajstić information content (AvgIpc) is 2.78. The molecule has 0 radical (unpaired) electrons. The van der Waals surface area contributed by atoms with Gasteiger partial charge in [0.15, 0.2) is 0 Å². The summed E-state index contributed by atoms with van der Waals surface area (Å²) in [5, 5.41) is 6.95. The molecule has 1 spiro atoms. The Balaban J connectivity index is 1.30. The maximum absolute atomic E-state index is 13.6. The summed E-state index contributed by atoms with van der Waals surface area (Å²) in [7, 11) is 0. The van der Waals surface area contributed by atoms with E-state index in [1.807, 2.05) is 36.1 Å². The molecule has 2 aliphatic heterocycles. The summed E-state index contributed by atoms with van der Waals surface area (Å²) in [6, 6.07) is 7.65. The molecule has 2 N–H and O–H groups in total. The highest BCUT2D eigenvalue weighted by Gasteiger charge is 2.60. The van der Waals surface area contributed by atoms with Crippen molar-refractivity contribution < 1.29 is 19.1 Å². The van der Waals surface area contributed by atoms with Crippen molar-refractivity contribution >= 4 is 23.5 Å². The molecular formula is C25H33N3O4. The lowest BCUT2D eigenvalue weighted by molar-refractivity contribution is -0.156. The molecule has 32 heavy (non-hydrogen) atoms. The topological polar surface area (TPSA) is 87.7 Å². The van der Waals surface area contributed by atoms with Crippen LogP contribution in [-0.4, -0.2) is 48.0 Å². The van der Waals surface area contributed by atoms with E-state index in [0.29, 0.717) is 38.1 Å². The SMILES string of the molecule is CCOC(=O)C1CCN(C(=O)[C@@H]2C[C@H]3CC[C@@]2(C)C[C@@]32NC(=O)c3ccccc3N2)CC1. The monoisotopic (exact) mass is 439 g/mol. The Labute approximate surface area is 189 Å². The number of nitrogens with zero attached hydrogens (tertiary/aromatic N) is 1. The van der Waals surface area contributed by atoms with Crippen molar-refractivity contribution in [2.45, 2.75) is 58.0 Å². The number of carbonyl (C=O) groups excluding carboxylic acids is 3. The minimum atomic E-state index is -0.480. The summed E-state index contributed by atoms with van der Waals surface area (Å²) < 4.78 is 5.16. The number of nitrogens with one attached hydrogen (secondary N) is 2. The molecular weight excluding hydrogens is 406 g/mol. The van der Waals surface area contributed by atoms with Crippen LogP contribution in [0.15, 0.2) is 24.3 Å². The van der Waals surface area contributed by atoms with Crippen LogP contribution in [0.3, 0.4) is 0 Å². The highest BCUT2D eigenvalue weighted by atomic mass is 16.5. The molecule has 4 atom stereocenters. The van der Waals surface area contributed by atoms with Crippen molar-refractivity contribution in [3.63, 3.8) is 0 Å². The molecule has 5 aliphatic rings. The van der Waals surface area contributed by atoms with Gasteiger partial charge in [-0.1, -0.05) is 19.1 Å². The number of hydrogen-bond donors (Lipinski definition) is 2. The summed E-state index contributed by atoms with van der Waals surface area (Å²) in [6.45, 7) is 5.67. The first-order valence-corrected chi connectivity index (χ1v) is 12.0. The van der Waals surface area contributed by atoms with Crippen LogP contribution in [0.5, 0.6) is 0 Å². The number of piperidine rings is 1. The number of benzene rings is 1. The maximum Gasteiger partial charge on any atom is 0.309 e. The van der Waals surface area contributed by atoms with Crippen molar-refractivity contribution in [1.82, 2.24) is 10.2 Å². The van der Waals surface area contributed by atoms with E-state index in [2.05, 4.69) is 17.6 Å². The molecule has 0 aromatic heterocycles. The lowest BCUT2D eigenvalue weighted by atomic mass is 9.51. The standard InChI is InChI=1S/C25H33N3O4/c1-3-32-23(31)16-9-12-28(13-10-16)22(30)19-14-17-8-11-24(19,2)15-25(17)26-20-7-5-4-6-18(20)21(29)27-25/h4-7,16-17,19,26H,3,8-15H2,1-2H3,(H,27,29)/t17-,19+,24+,25-/m1/s1. The van der Waals surface area contributed by atoms with E-state index in [4.69, 9.17) is 4.74 Å². The van der Waals surface area contributed by atoms with Gasteiger partial charge < -0.3 is 20.3 Å². The Hall–Kier alpha value is -2.57. The molecule has 172 valence electrons.